The van der Waals surface area contributed by atoms with Crippen molar-refractivity contribution in [3.63, 3.8) is 0 Å². The molecule has 108 valence electrons. The van der Waals surface area contributed by atoms with Gasteiger partial charge in [-0.15, -0.1) is 0 Å². The lowest BCUT2D eigenvalue weighted by Gasteiger charge is -2.14. The van der Waals surface area contributed by atoms with Crippen LogP contribution in [0.4, 0.5) is 18.9 Å². The zero-order valence-corrected chi connectivity index (χ0v) is 10.9. The fraction of sp³-hybridized carbons (Fsp3) is 0.357. The van der Waals surface area contributed by atoms with E-state index in [4.69, 9.17) is 5.73 Å². The molecular formula is C14H15F3N2O. The summed E-state index contributed by atoms with van der Waals surface area (Å²) in [4.78, 5) is 12.0. The number of nitrogens with two attached hydrogens (primary N) is 1. The summed E-state index contributed by atoms with van der Waals surface area (Å²) in [6.45, 7) is 1.64. The van der Waals surface area contributed by atoms with E-state index in [1.54, 1.807) is 19.1 Å². The highest BCUT2D eigenvalue weighted by Gasteiger charge is 2.31. The van der Waals surface area contributed by atoms with Crippen molar-refractivity contribution >= 4 is 11.6 Å². The second-order valence-corrected chi connectivity index (χ2v) is 4.91. The van der Waals surface area contributed by atoms with Gasteiger partial charge in [0.15, 0.2) is 0 Å². The van der Waals surface area contributed by atoms with E-state index < -0.39 is 11.7 Å². The maximum atomic E-state index is 12.6. The first-order chi connectivity index (χ1) is 9.27. The Kier molecular flexibility index (Phi) is 3.85. The lowest BCUT2D eigenvalue weighted by atomic mass is 10.1. The molecule has 2 atom stereocenters. The van der Waals surface area contributed by atoms with E-state index in [0.717, 1.165) is 12.1 Å². The number of amides is 1. The summed E-state index contributed by atoms with van der Waals surface area (Å²) in [5.74, 6) is -0.726. The second kappa shape index (κ2) is 5.28. The zero-order valence-electron chi connectivity index (χ0n) is 10.9. The number of nitrogens with one attached hydrogen (secondary N) is 1. The van der Waals surface area contributed by atoms with Crippen molar-refractivity contribution in [1.29, 1.82) is 0 Å². The van der Waals surface area contributed by atoms with Crippen molar-refractivity contribution in [2.24, 2.45) is 11.7 Å². The van der Waals surface area contributed by atoms with Gasteiger partial charge in [0, 0.05) is 11.7 Å². The minimum absolute atomic E-state index is 0.173. The van der Waals surface area contributed by atoms with Crippen LogP contribution >= 0.6 is 0 Å². The summed E-state index contributed by atoms with van der Waals surface area (Å²) in [5.41, 5.74) is 5.63. The average molecular weight is 284 g/mol. The van der Waals surface area contributed by atoms with Crippen molar-refractivity contribution in [2.45, 2.75) is 25.6 Å². The lowest BCUT2D eigenvalue weighted by molar-refractivity contribution is -0.137. The molecule has 0 bridgehead atoms. The topological polar surface area (TPSA) is 55.1 Å². The molecule has 0 saturated heterocycles. The maximum absolute atomic E-state index is 12.6. The van der Waals surface area contributed by atoms with Crippen LogP contribution in [0.3, 0.4) is 0 Å². The highest BCUT2D eigenvalue weighted by Crippen LogP contribution is 2.32. The summed E-state index contributed by atoms with van der Waals surface area (Å²) in [5, 5.41) is 2.54. The van der Waals surface area contributed by atoms with Crippen LogP contribution in [-0.4, -0.2) is 11.9 Å². The molecule has 1 aromatic carbocycles. The van der Waals surface area contributed by atoms with Crippen LogP contribution in [-0.2, 0) is 11.0 Å². The molecule has 3 nitrogen and oxygen atoms in total. The first-order valence-corrected chi connectivity index (χ1v) is 6.20. The number of carbonyl (C=O) groups is 1. The van der Waals surface area contributed by atoms with Gasteiger partial charge in [0.2, 0.25) is 5.91 Å². The summed E-state index contributed by atoms with van der Waals surface area (Å²) in [6, 6.07) is 3.12. The first kappa shape index (κ1) is 14.6. The Hall–Kier alpha value is -1.82. The number of anilines is 1. The smallest absolute Gasteiger partial charge is 0.325 e. The van der Waals surface area contributed by atoms with Gasteiger partial charge in [-0.1, -0.05) is 18.2 Å². The molecule has 0 radical (unpaired) electrons. The van der Waals surface area contributed by atoms with E-state index in [1.165, 1.54) is 6.07 Å². The molecule has 1 aromatic rings. The average Bonchev–Trinajstić information content (AvgIpc) is 2.77. The first-order valence-electron chi connectivity index (χ1n) is 6.20. The molecule has 1 amide bonds. The highest BCUT2D eigenvalue weighted by molar-refractivity contribution is 5.94. The fourth-order valence-corrected chi connectivity index (χ4v) is 2.08. The quantitative estimate of drug-likeness (QED) is 0.820. The summed E-state index contributed by atoms with van der Waals surface area (Å²) in [7, 11) is 0. The molecule has 0 heterocycles. The molecule has 6 heteroatoms. The van der Waals surface area contributed by atoms with Gasteiger partial charge in [0.05, 0.1) is 11.5 Å². The predicted molar refractivity (Wildman–Crippen MR) is 70.0 cm³/mol. The standard InChI is InChI=1S/C14H15F3N2O/c1-8-2-4-10(14(15,16)17)7-12(8)19-13(20)9-3-5-11(18)6-9/h2-5,7,9,11H,6,18H2,1H3,(H,19,20). The number of aryl methyl sites for hydroxylation is 1. The van der Waals surface area contributed by atoms with Crippen molar-refractivity contribution in [3.05, 3.63) is 41.5 Å². The Morgan fingerprint density at radius 3 is 2.60 bits per heavy atom. The third kappa shape index (κ3) is 3.19. The normalized spacial score (nSPS) is 22.1. The Bertz CT molecular complexity index is 552. The molecule has 0 spiro atoms. The van der Waals surface area contributed by atoms with Crippen LogP contribution in [0.5, 0.6) is 0 Å². The van der Waals surface area contributed by atoms with Gasteiger partial charge in [-0.3, -0.25) is 4.79 Å². The van der Waals surface area contributed by atoms with E-state index in [0.29, 0.717) is 12.0 Å². The van der Waals surface area contributed by atoms with Crippen molar-refractivity contribution in [2.75, 3.05) is 5.32 Å². The lowest BCUT2D eigenvalue weighted by Crippen LogP contribution is -2.24. The molecule has 0 fully saturated rings. The van der Waals surface area contributed by atoms with Crippen LogP contribution < -0.4 is 11.1 Å². The van der Waals surface area contributed by atoms with Crippen LogP contribution in [0.2, 0.25) is 0 Å². The molecule has 3 N–H and O–H groups in total. The van der Waals surface area contributed by atoms with Gasteiger partial charge in [-0.05, 0) is 31.0 Å². The number of carbonyl (C=O) groups excluding carboxylic acids is 1. The number of alkyl halides is 3. The van der Waals surface area contributed by atoms with Crippen LogP contribution in [0, 0.1) is 12.8 Å². The SMILES string of the molecule is Cc1ccc(C(F)(F)F)cc1NC(=O)C1C=CC(N)C1. The Morgan fingerprint density at radius 1 is 1.35 bits per heavy atom. The largest absolute Gasteiger partial charge is 0.416 e. The highest BCUT2D eigenvalue weighted by atomic mass is 19.4. The third-order valence-corrected chi connectivity index (χ3v) is 3.28. The van der Waals surface area contributed by atoms with Gasteiger partial charge in [0.25, 0.3) is 0 Å². The number of benzene rings is 1. The Morgan fingerprint density at radius 2 is 2.05 bits per heavy atom. The summed E-state index contributed by atoms with van der Waals surface area (Å²) < 4.78 is 37.9. The number of rotatable bonds is 2. The minimum Gasteiger partial charge on any atom is -0.325 e. The third-order valence-electron chi connectivity index (χ3n) is 3.28. The van der Waals surface area contributed by atoms with Crippen molar-refractivity contribution in [3.8, 4) is 0 Å². The molecule has 20 heavy (non-hydrogen) atoms. The van der Waals surface area contributed by atoms with E-state index in [1.807, 2.05) is 0 Å². The van der Waals surface area contributed by atoms with Gasteiger partial charge >= 0.3 is 6.18 Å². The minimum atomic E-state index is -4.43. The molecular weight excluding hydrogens is 269 g/mol. The van der Waals surface area contributed by atoms with Crippen molar-refractivity contribution in [1.82, 2.24) is 0 Å². The molecule has 2 rings (SSSR count). The predicted octanol–water partition coefficient (Wildman–Crippen LogP) is 2.86. The van der Waals surface area contributed by atoms with E-state index in [-0.39, 0.29) is 23.6 Å². The van der Waals surface area contributed by atoms with Gasteiger partial charge in [-0.25, -0.2) is 0 Å². The Labute approximate surface area is 114 Å². The van der Waals surface area contributed by atoms with Crippen molar-refractivity contribution < 1.29 is 18.0 Å². The van der Waals surface area contributed by atoms with Crippen LogP contribution in [0.25, 0.3) is 0 Å². The summed E-state index contributed by atoms with van der Waals surface area (Å²) >= 11 is 0. The number of hydrogen-bond acceptors (Lipinski definition) is 2. The maximum Gasteiger partial charge on any atom is 0.416 e. The fourth-order valence-electron chi connectivity index (χ4n) is 2.08. The molecule has 2 unspecified atom stereocenters. The van der Waals surface area contributed by atoms with Crippen LogP contribution in [0.1, 0.15) is 17.5 Å². The van der Waals surface area contributed by atoms with Gasteiger partial charge in [0.1, 0.15) is 0 Å². The van der Waals surface area contributed by atoms with E-state index in [9.17, 15) is 18.0 Å². The van der Waals surface area contributed by atoms with E-state index >= 15 is 0 Å². The van der Waals surface area contributed by atoms with Gasteiger partial charge in [-0.2, -0.15) is 13.2 Å². The Balaban J connectivity index is 2.17. The molecule has 0 aliphatic heterocycles. The summed E-state index contributed by atoms with van der Waals surface area (Å²) in [6.07, 6.45) is -0.543. The monoisotopic (exact) mass is 284 g/mol. The number of hydrogen-bond donors (Lipinski definition) is 2. The van der Waals surface area contributed by atoms with E-state index in [2.05, 4.69) is 5.32 Å². The molecule has 0 aromatic heterocycles. The van der Waals surface area contributed by atoms with Crippen LogP contribution in [0.15, 0.2) is 30.4 Å². The second-order valence-electron chi connectivity index (χ2n) is 4.91. The molecule has 0 saturated carbocycles. The molecule has 1 aliphatic carbocycles. The number of halogens is 3. The zero-order chi connectivity index (χ0) is 14.9. The molecule has 1 aliphatic rings. The van der Waals surface area contributed by atoms with Gasteiger partial charge < -0.3 is 11.1 Å².